The third-order valence-electron chi connectivity index (χ3n) is 3.34. The first-order chi connectivity index (χ1) is 6.90. The van der Waals surface area contributed by atoms with Crippen molar-refractivity contribution in [2.24, 2.45) is 5.41 Å². The minimum absolute atomic E-state index is 0.137. The van der Waals surface area contributed by atoms with Crippen molar-refractivity contribution in [1.29, 1.82) is 0 Å². The Balaban J connectivity index is 4.19. The second-order valence-electron chi connectivity index (χ2n) is 5.60. The summed E-state index contributed by atoms with van der Waals surface area (Å²) < 4.78 is 44.5. The van der Waals surface area contributed by atoms with Crippen LogP contribution in [0.4, 0.5) is 13.2 Å². The highest BCUT2D eigenvalue weighted by molar-refractivity contribution is 4.83. The van der Waals surface area contributed by atoms with Crippen molar-refractivity contribution in [1.82, 2.24) is 0 Å². The second kappa shape index (κ2) is 4.94. The Kier molecular flexibility index (Phi) is 4.87. The van der Waals surface area contributed by atoms with E-state index < -0.39 is 23.1 Å². The first kappa shape index (κ1) is 15.8. The molecule has 0 rings (SSSR count). The maximum Gasteiger partial charge on any atom is 0.273 e. The molecule has 0 aromatic heterocycles. The van der Waals surface area contributed by atoms with E-state index in [0.29, 0.717) is 6.42 Å². The van der Waals surface area contributed by atoms with Crippen LogP contribution in [0, 0.1) is 5.41 Å². The Labute approximate surface area is 96.4 Å². The van der Waals surface area contributed by atoms with E-state index in [0.717, 1.165) is 6.92 Å². The quantitative estimate of drug-likeness (QED) is 0.675. The van der Waals surface area contributed by atoms with Crippen molar-refractivity contribution in [3.8, 4) is 0 Å². The van der Waals surface area contributed by atoms with Crippen LogP contribution in [-0.4, -0.2) is 24.3 Å². The molecule has 0 aromatic rings. The zero-order chi connectivity index (χ0) is 13.2. The van der Waals surface area contributed by atoms with Gasteiger partial charge >= 0.3 is 0 Å². The minimum Gasteiger partial charge on any atom is -0.369 e. The smallest absolute Gasteiger partial charge is 0.273 e. The molecule has 0 fully saturated rings. The van der Waals surface area contributed by atoms with Gasteiger partial charge in [0, 0.05) is 13.5 Å². The normalized spacial score (nSPS) is 16.3. The first-order valence-electron chi connectivity index (χ1n) is 5.56. The minimum atomic E-state index is -2.90. The lowest BCUT2D eigenvalue weighted by Crippen LogP contribution is -2.43. The van der Waals surface area contributed by atoms with Gasteiger partial charge in [-0.2, -0.15) is 0 Å². The molecule has 4 heteroatoms. The van der Waals surface area contributed by atoms with Crippen LogP contribution in [0.3, 0.4) is 0 Å². The fourth-order valence-electron chi connectivity index (χ4n) is 0.895. The topological polar surface area (TPSA) is 9.23 Å². The predicted octanol–water partition coefficient (Wildman–Crippen LogP) is 4.21. The summed E-state index contributed by atoms with van der Waals surface area (Å²) in [5.74, 6) is -2.90. The molecule has 0 saturated heterocycles. The van der Waals surface area contributed by atoms with Crippen LogP contribution in [-0.2, 0) is 4.74 Å². The van der Waals surface area contributed by atoms with E-state index in [2.05, 4.69) is 0 Å². The molecule has 98 valence electrons. The summed E-state index contributed by atoms with van der Waals surface area (Å²) in [6, 6.07) is 0. The maximum absolute atomic E-state index is 13.1. The summed E-state index contributed by atoms with van der Waals surface area (Å²) in [6.07, 6.45) is -0.564. The van der Waals surface area contributed by atoms with E-state index in [-0.39, 0.29) is 6.61 Å². The van der Waals surface area contributed by atoms with Gasteiger partial charge in [-0.25, -0.2) is 13.2 Å². The zero-order valence-corrected chi connectivity index (χ0v) is 11.0. The molecule has 1 nitrogen and oxygen atoms in total. The van der Waals surface area contributed by atoms with Gasteiger partial charge in [0.1, 0.15) is 11.8 Å². The largest absolute Gasteiger partial charge is 0.369 e. The molecule has 0 spiro atoms. The number of alkyl halides is 3. The van der Waals surface area contributed by atoms with Crippen molar-refractivity contribution in [2.45, 2.75) is 65.7 Å². The van der Waals surface area contributed by atoms with Gasteiger partial charge in [0.15, 0.2) is 0 Å². The van der Waals surface area contributed by atoms with Crippen LogP contribution in [0.25, 0.3) is 0 Å². The molecule has 0 aromatic carbocycles. The van der Waals surface area contributed by atoms with Crippen LogP contribution in [0.15, 0.2) is 0 Å². The summed E-state index contributed by atoms with van der Waals surface area (Å²) in [5.41, 5.74) is -2.05. The predicted molar refractivity (Wildman–Crippen MR) is 59.6 cm³/mol. The van der Waals surface area contributed by atoms with Crippen molar-refractivity contribution >= 4 is 0 Å². The molecule has 0 amide bonds. The number of rotatable bonds is 6. The highest BCUT2D eigenvalue weighted by atomic mass is 19.3. The first-order valence-corrected chi connectivity index (χ1v) is 5.56. The fourth-order valence-corrected chi connectivity index (χ4v) is 0.895. The summed E-state index contributed by atoms with van der Waals surface area (Å²) in [6.45, 7) is 8.65. The molecule has 1 atom stereocenters. The van der Waals surface area contributed by atoms with Gasteiger partial charge in [0.2, 0.25) is 0 Å². The van der Waals surface area contributed by atoms with E-state index in [1.807, 2.05) is 0 Å². The third-order valence-corrected chi connectivity index (χ3v) is 3.34. The summed E-state index contributed by atoms with van der Waals surface area (Å²) >= 11 is 0. The molecule has 0 aliphatic heterocycles. The van der Waals surface area contributed by atoms with Gasteiger partial charge in [-0.1, -0.05) is 13.8 Å². The number of halogens is 3. The number of hydrogen-bond donors (Lipinski definition) is 0. The number of hydrogen-bond acceptors (Lipinski definition) is 1. The van der Waals surface area contributed by atoms with E-state index in [9.17, 15) is 13.2 Å². The molecule has 0 bridgehead atoms. The summed E-state index contributed by atoms with van der Waals surface area (Å²) in [7, 11) is 0. The average molecular weight is 240 g/mol. The van der Waals surface area contributed by atoms with E-state index in [1.54, 1.807) is 13.8 Å². The molecule has 0 heterocycles. The fraction of sp³-hybridized carbons (Fsp3) is 1.00. The Morgan fingerprint density at radius 3 is 1.81 bits per heavy atom. The molecule has 0 aliphatic carbocycles. The standard InChI is InChI=1S/C12H23F3O/c1-9(13)10(2,3)7-8-16-11(4,5)12(6,14)15/h9H,7-8H2,1-6H3. The lowest BCUT2D eigenvalue weighted by atomic mass is 9.85. The zero-order valence-electron chi connectivity index (χ0n) is 11.0. The highest BCUT2D eigenvalue weighted by Gasteiger charge is 2.43. The van der Waals surface area contributed by atoms with Gasteiger partial charge in [0.25, 0.3) is 5.92 Å². The maximum atomic E-state index is 13.1. The van der Waals surface area contributed by atoms with Crippen LogP contribution in [0.1, 0.15) is 48.0 Å². The van der Waals surface area contributed by atoms with Crippen LogP contribution in [0.2, 0.25) is 0 Å². The highest BCUT2D eigenvalue weighted by Crippen LogP contribution is 2.33. The Bertz CT molecular complexity index is 217. The SMILES string of the molecule is CC(F)C(C)(C)CCOC(C)(C)C(C)(F)F. The molecular formula is C12H23F3O. The molecule has 0 saturated carbocycles. The van der Waals surface area contributed by atoms with Gasteiger partial charge in [-0.05, 0) is 32.6 Å². The lowest BCUT2D eigenvalue weighted by Gasteiger charge is -2.33. The van der Waals surface area contributed by atoms with Gasteiger partial charge in [-0.3, -0.25) is 0 Å². The summed E-state index contributed by atoms with van der Waals surface area (Å²) in [4.78, 5) is 0. The number of ether oxygens (including phenoxy) is 1. The molecule has 0 radical (unpaired) electrons. The Hall–Kier alpha value is -0.250. The van der Waals surface area contributed by atoms with Gasteiger partial charge in [-0.15, -0.1) is 0 Å². The Morgan fingerprint density at radius 2 is 1.50 bits per heavy atom. The van der Waals surface area contributed by atoms with Crippen molar-refractivity contribution in [3.05, 3.63) is 0 Å². The van der Waals surface area contributed by atoms with E-state index in [1.165, 1.54) is 20.8 Å². The molecular weight excluding hydrogens is 217 g/mol. The van der Waals surface area contributed by atoms with E-state index in [4.69, 9.17) is 4.74 Å². The second-order valence-corrected chi connectivity index (χ2v) is 5.60. The monoisotopic (exact) mass is 240 g/mol. The van der Waals surface area contributed by atoms with Crippen LogP contribution < -0.4 is 0 Å². The van der Waals surface area contributed by atoms with E-state index >= 15 is 0 Å². The molecule has 0 aliphatic rings. The van der Waals surface area contributed by atoms with Gasteiger partial charge < -0.3 is 4.74 Å². The van der Waals surface area contributed by atoms with Crippen molar-refractivity contribution in [2.75, 3.05) is 6.61 Å². The van der Waals surface area contributed by atoms with Crippen molar-refractivity contribution < 1.29 is 17.9 Å². The Morgan fingerprint density at radius 1 is 1.06 bits per heavy atom. The third kappa shape index (κ3) is 4.32. The molecule has 16 heavy (non-hydrogen) atoms. The molecule has 0 N–H and O–H groups in total. The summed E-state index contributed by atoms with van der Waals surface area (Å²) in [5, 5.41) is 0. The average Bonchev–Trinajstić information content (AvgIpc) is 2.00. The van der Waals surface area contributed by atoms with Crippen LogP contribution >= 0.6 is 0 Å². The van der Waals surface area contributed by atoms with Gasteiger partial charge in [0.05, 0.1) is 0 Å². The van der Waals surface area contributed by atoms with Crippen molar-refractivity contribution in [3.63, 3.8) is 0 Å². The lowest BCUT2D eigenvalue weighted by molar-refractivity contribution is -0.184. The van der Waals surface area contributed by atoms with Crippen LogP contribution in [0.5, 0.6) is 0 Å². The molecule has 1 unspecified atom stereocenters.